The fourth-order valence-electron chi connectivity index (χ4n) is 4.66. The van der Waals surface area contributed by atoms with Crippen molar-refractivity contribution in [3.63, 3.8) is 0 Å². The van der Waals surface area contributed by atoms with Gasteiger partial charge in [-0.25, -0.2) is 0 Å². The maximum Gasteiger partial charge on any atom is 0.272 e. The Bertz CT molecular complexity index is 830. The lowest BCUT2D eigenvalue weighted by Gasteiger charge is -2.38. The molecule has 3 rings (SSSR count). The highest BCUT2D eigenvalue weighted by Gasteiger charge is 2.35. The Hall–Kier alpha value is -2.66. The van der Waals surface area contributed by atoms with Crippen molar-refractivity contribution in [3.8, 4) is 5.88 Å². The molecule has 3 amide bonds. The summed E-state index contributed by atoms with van der Waals surface area (Å²) >= 11 is 0. The molecule has 1 saturated carbocycles. The van der Waals surface area contributed by atoms with E-state index in [0.29, 0.717) is 51.0 Å². The number of methoxy groups -OCH3 is 1. The highest BCUT2D eigenvalue weighted by molar-refractivity contribution is 5.93. The van der Waals surface area contributed by atoms with Crippen molar-refractivity contribution in [2.24, 2.45) is 13.0 Å². The summed E-state index contributed by atoms with van der Waals surface area (Å²) in [6.07, 6.45) is 5.24. The molecule has 1 aliphatic heterocycles. The molecule has 1 aromatic rings. The Kier molecular flexibility index (Phi) is 9.70. The number of hydrogen-bond acceptors (Lipinski definition) is 7. The van der Waals surface area contributed by atoms with E-state index >= 15 is 0 Å². The SMILES string of the molecule is CNCC(=O)NC(C(=O)N1CCN(C(=O)c2cc(OCCOC)nn2C)CC1)C1CCCCC1. The van der Waals surface area contributed by atoms with Crippen LogP contribution in [0.1, 0.15) is 42.6 Å². The summed E-state index contributed by atoms with van der Waals surface area (Å²) in [5.41, 5.74) is 0.437. The molecule has 1 atom stereocenters. The summed E-state index contributed by atoms with van der Waals surface area (Å²) in [6, 6.07) is 1.12. The molecule has 2 aliphatic rings. The third-order valence-electron chi connectivity index (χ3n) is 6.53. The Morgan fingerprint density at radius 3 is 2.41 bits per heavy atom. The van der Waals surface area contributed by atoms with Gasteiger partial charge in [0.1, 0.15) is 18.3 Å². The summed E-state index contributed by atoms with van der Waals surface area (Å²) < 4.78 is 12.0. The lowest BCUT2D eigenvalue weighted by atomic mass is 9.83. The number of rotatable bonds is 10. The summed E-state index contributed by atoms with van der Waals surface area (Å²) in [6.45, 7) is 2.70. The van der Waals surface area contributed by atoms with E-state index in [-0.39, 0.29) is 30.2 Å². The first-order valence-corrected chi connectivity index (χ1v) is 12.1. The molecule has 11 nitrogen and oxygen atoms in total. The molecule has 0 bridgehead atoms. The van der Waals surface area contributed by atoms with Crippen LogP contribution in [0.15, 0.2) is 6.07 Å². The molecule has 1 unspecified atom stereocenters. The van der Waals surface area contributed by atoms with Crippen molar-refractivity contribution in [1.82, 2.24) is 30.2 Å². The van der Waals surface area contributed by atoms with Gasteiger partial charge in [-0.05, 0) is 25.8 Å². The Morgan fingerprint density at radius 2 is 1.76 bits per heavy atom. The highest BCUT2D eigenvalue weighted by Crippen LogP contribution is 2.28. The van der Waals surface area contributed by atoms with Crippen LogP contribution in [0.25, 0.3) is 0 Å². The number of likely N-dealkylation sites (N-methyl/N-ethyl adjacent to an activating group) is 1. The third kappa shape index (κ3) is 6.69. The first-order chi connectivity index (χ1) is 16.4. The summed E-state index contributed by atoms with van der Waals surface area (Å²) in [5.74, 6) is 0.185. The molecule has 2 heterocycles. The third-order valence-corrected chi connectivity index (χ3v) is 6.53. The number of amides is 3. The Balaban J connectivity index is 1.59. The van der Waals surface area contributed by atoms with E-state index in [4.69, 9.17) is 9.47 Å². The van der Waals surface area contributed by atoms with Gasteiger partial charge in [-0.1, -0.05) is 19.3 Å². The van der Waals surface area contributed by atoms with Crippen LogP contribution in [0.4, 0.5) is 0 Å². The minimum Gasteiger partial charge on any atom is -0.474 e. The van der Waals surface area contributed by atoms with Crippen LogP contribution >= 0.6 is 0 Å². The normalized spacial score (nSPS) is 18.0. The second kappa shape index (κ2) is 12.7. The van der Waals surface area contributed by atoms with Gasteiger partial charge < -0.3 is 29.9 Å². The maximum absolute atomic E-state index is 13.4. The first kappa shape index (κ1) is 26.0. The van der Waals surface area contributed by atoms with E-state index < -0.39 is 6.04 Å². The van der Waals surface area contributed by atoms with Crippen molar-refractivity contribution in [3.05, 3.63) is 11.8 Å². The van der Waals surface area contributed by atoms with E-state index in [1.54, 1.807) is 37.1 Å². The van der Waals surface area contributed by atoms with Gasteiger partial charge in [0.05, 0.1) is 13.2 Å². The molecule has 1 aromatic heterocycles. The standard InChI is InChI=1S/C23H38N6O5/c1-24-16-19(30)25-21(17-7-5-4-6-8-17)23(32)29-11-9-28(10-12-29)22(31)18-15-20(26-27(18)2)34-14-13-33-3/h15,17,21,24H,4-14,16H2,1-3H3,(H,25,30). The monoisotopic (exact) mass is 478 g/mol. The number of hydrogen-bond donors (Lipinski definition) is 2. The summed E-state index contributed by atoms with van der Waals surface area (Å²) in [5, 5.41) is 10.1. The predicted molar refractivity (Wildman–Crippen MR) is 125 cm³/mol. The second-order valence-electron chi connectivity index (χ2n) is 8.92. The van der Waals surface area contributed by atoms with E-state index in [0.717, 1.165) is 25.7 Å². The first-order valence-electron chi connectivity index (χ1n) is 12.1. The molecule has 1 aliphatic carbocycles. The zero-order valence-electron chi connectivity index (χ0n) is 20.5. The van der Waals surface area contributed by atoms with Gasteiger partial charge in [0, 0.05) is 46.4 Å². The zero-order valence-corrected chi connectivity index (χ0v) is 20.5. The number of nitrogens with one attached hydrogen (secondary N) is 2. The van der Waals surface area contributed by atoms with E-state index in [9.17, 15) is 14.4 Å². The number of nitrogens with zero attached hydrogens (tertiary/aromatic N) is 4. The van der Waals surface area contributed by atoms with E-state index in [1.165, 1.54) is 11.1 Å². The minimum atomic E-state index is -0.507. The molecule has 0 radical (unpaired) electrons. The molecule has 0 spiro atoms. The maximum atomic E-state index is 13.4. The molecule has 1 saturated heterocycles. The Labute approximate surface area is 201 Å². The van der Waals surface area contributed by atoms with Gasteiger partial charge in [0.25, 0.3) is 5.91 Å². The fourth-order valence-corrected chi connectivity index (χ4v) is 4.66. The number of carbonyl (C=O) groups is 3. The van der Waals surface area contributed by atoms with Crippen LogP contribution in [0.5, 0.6) is 5.88 Å². The quantitative estimate of drug-likeness (QED) is 0.455. The topological polar surface area (TPSA) is 118 Å². The van der Waals surface area contributed by atoms with Crippen LogP contribution in [-0.2, 0) is 21.4 Å². The van der Waals surface area contributed by atoms with Gasteiger partial charge in [-0.15, -0.1) is 5.10 Å². The van der Waals surface area contributed by atoms with Crippen molar-refractivity contribution in [2.75, 3.05) is 60.1 Å². The van der Waals surface area contributed by atoms with Crippen molar-refractivity contribution < 1.29 is 23.9 Å². The van der Waals surface area contributed by atoms with Gasteiger partial charge in [0.15, 0.2) is 0 Å². The van der Waals surface area contributed by atoms with Crippen molar-refractivity contribution in [2.45, 2.75) is 38.1 Å². The molecular formula is C23H38N6O5. The molecule has 2 fully saturated rings. The van der Waals surface area contributed by atoms with Gasteiger partial charge in [0.2, 0.25) is 17.7 Å². The molecule has 34 heavy (non-hydrogen) atoms. The summed E-state index contributed by atoms with van der Waals surface area (Å²) in [7, 11) is 5.01. The van der Waals surface area contributed by atoms with Gasteiger partial charge in [-0.3, -0.25) is 19.1 Å². The van der Waals surface area contributed by atoms with Crippen LogP contribution in [0.2, 0.25) is 0 Å². The van der Waals surface area contributed by atoms with Crippen LogP contribution in [-0.4, -0.2) is 103 Å². The van der Waals surface area contributed by atoms with Crippen LogP contribution < -0.4 is 15.4 Å². The number of aromatic nitrogens is 2. The lowest BCUT2D eigenvalue weighted by molar-refractivity contribution is -0.139. The minimum absolute atomic E-state index is 0.0437. The van der Waals surface area contributed by atoms with E-state index in [1.807, 2.05) is 0 Å². The van der Waals surface area contributed by atoms with Gasteiger partial charge >= 0.3 is 0 Å². The zero-order chi connectivity index (χ0) is 24.5. The second-order valence-corrected chi connectivity index (χ2v) is 8.92. The number of aryl methyl sites for hydroxylation is 1. The molecule has 190 valence electrons. The molecule has 11 heteroatoms. The average molecular weight is 479 g/mol. The fraction of sp³-hybridized carbons (Fsp3) is 0.739. The predicted octanol–water partition coefficient (Wildman–Crippen LogP) is 0.0142. The highest BCUT2D eigenvalue weighted by atomic mass is 16.5. The van der Waals surface area contributed by atoms with E-state index in [2.05, 4.69) is 15.7 Å². The van der Waals surface area contributed by atoms with Crippen LogP contribution in [0.3, 0.4) is 0 Å². The van der Waals surface area contributed by atoms with Crippen molar-refractivity contribution in [1.29, 1.82) is 0 Å². The molecular weight excluding hydrogens is 440 g/mol. The van der Waals surface area contributed by atoms with Crippen LogP contribution in [0, 0.1) is 5.92 Å². The molecule has 2 N–H and O–H groups in total. The number of piperazine rings is 1. The lowest BCUT2D eigenvalue weighted by Crippen LogP contribution is -2.58. The van der Waals surface area contributed by atoms with Gasteiger partial charge in [-0.2, -0.15) is 0 Å². The Morgan fingerprint density at radius 1 is 1.09 bits per heavy atom. The number of ether oxygens (including phenoxy) is 2. The molecule has 0 aromatic carbocycles. The summed E-state index contributed by atoms with van der Waals surface area (Å²) in [4.78, 5) is 42.3. The number of carbonyl (C=O) groups excluding carboxylic acids is 3. The van der Waals surface area contributed by atoms with Crippen molar-refractivity contribution >= 4 is 17.7 Å². The average Bonchev–Trinajstić information content (AvgIpc) is 3.23. The largest absolute Gasteiger partial charge is 0.474 e. The smallest absolute Gasteiger partial charge is 0.272 e.